The number of hydrogen-bond donors (Lipinski definition) is 1. The van der Waals surface area contributed by atoms with Gasteiger partial charge in [0.1, 0.15) is 5.69 Å². The number of anilines is 2. The van der Waals surface area contributed by atoms with Gasteiger partial charge in [0.25, 0.3) is 5.91 Å². The summed E-state index contributed by atoms with van der Waals surface area (Å²) >= 11 is 12.9. The minimum Gasteiger partial charge on any atom is -0.382 e. The molecule has 3 aromatic rings. The van der Waals surface area contributed by atoms with Gasteiger partial charge in [0, 0.05) is 54.2 Å². The van der Waals surface area contributed by atoms with Crippen molar-refractivity contribution >= 4 is 52.3 Å². The molecule has 2 aliphatic heterocycles. The van der Waals surface area contributed by atoms with Crippen LogP contribution in [0.4, 0.5) is 11.4 Å². The highest BCUT2D eigenvalue weighted by Gasteiger charge is 2.28. The molecule has 6 nitrogen and oxygen atoms in total. The van der Waals surface area contributed by atoms with Crippen LogP contribution in [-0.2, 0) is 6.54 Å². The van der Waals surface area contributed by atoms with E-state index in [0.29, 0.717) is 35.4 Å². The number of nitrogens with one attached hydrogen (secondary N) is 1. The Kier molecular flexibility index (Phi) is 7.43. The summed E-state index contributed by atoms with van der Waals surface area (Å²) in [5.74, 6) is -0.0283. The fourth-order valence-corrected chi connectivity index (χ4v) is 5.16. The molecule has 1 saturated heterocycles. The smallest absolute Gasteiger partial charge is 0.272 e. The molecule has 0 aliphatic carbocycles. The molecule has 0 spiro atoms. The van der Waals surface area contributed by atoms with Crippen molar-refractivity contribution < 1.29 is 4.79 Å². The number of halogens is 2. The van der Waals surface area contributed by atoms with E-state index in [1.165, 1.54) is 0 Å². The summed E-state index contributed by atoms with van der Waals surface area (Å²) in [6.07, 6.45) is 2.13. The molecule has 0 unspecified atom stereocenters. The highest BCUT2D eigenvalue weighted by molar-refractivity contribution is 6.33. The molecule has 0 radical (unpaired) electrons. The molecule has 8 heteroatoms. The van der Waals surface area contributed by atoms with Gasteiger partial charge in [-0.05, 0) is 62.9 Å². The molecule has 1 aromatic heterocycles. The number of fused-ring (bicyclic) bond motifs is 1. The van der Waals surface area contributed by atoms with Crippen LogP contribution >= 0.6 is 23.2 Å². The number of carbonyl (C=O) groups excluding carboxylic acids is 1. The van der Waals surface area contributed by atoms with Crippen LogP contribution < -0.4 is 10.2 Å². The summed E-state index contributed by atoms with van der Waals surface area (Å²) in [6.45, 7) is 7.79. The van der Waals surface area contributed by atoms with Crippen molar-refractivity contribution in [2.24, 2.45) is 0 Å². The molecular formula is C29H31Cl2N5O. The molecule has 192 valence electrons. The van der Waals surface area contributed by atoms with Crippen LogP contribution in [0, 0.1) is 0 Å². The van der Waals surface area contributed by atoms with Gasteiger partial charge in [-0.1, -0.05) is 47.5 Å². The quantitative estimate of drug-likeness (QED) is 0.426. The summed E-state index contributed by atoms with van der Waals surface area (Å²) in [5, 5.41) is 4.89. The molecule has 1 amide bonds. The lowest BCUT2D eigenvalue weighted by atomic mass is 9.98. The predicted octanol–water partition coefficient (Wildman–Crippen LogP) is 6.11. The van der Waals surface area contributed by atoms with E-state index in [1.807, 2.05) is 59.5 Å². The van der Waals surface area contributed by atoms with E-state index < -0.39 is 0 Å². The fourth-order valence-electron chi connectivity index (χ4n) is 4.80. The lowest BCUT2D eigenvalue weighted by Crippen LogP contribution is -2.47. The molecule has 5 rings (SSSR count). The lowest BCUT2D eigenvalue weighted by molar-refractivity contribution is 0.0658. The summed E-state index contributed by atoms with van der Waals surface area (Å²) in [6, 6.07) is 17.7. The first-order valence-electron chi connectivity index (χ1n) is 12.6. The third-order valence-electron chi connectivity index (χ3n) is 6.75. The summed E-state index contributed by atoms with van der Waals surface area (Å²) in [5.41, 5.74) is 6.08. The molecule has 3 heterocycles. The Morgan fingerprint density at radius 3 is 2.38 bits per heavy atom. The molecule has 37 heavy (non-hydrogen) atoms. The van der Waals surface area contributed by atoms with Crippen LogP contribution in [0.3, 0.4) is 0 Å². The standard InChI is InChI=1S/C29H31Cl2N5O/c1-19(2)32-24-17-25(29(37)35-14-12-34(3)13-15-35)33-26-18-36(27-7-5-4-6-23(27)31)28(16-22(24)26)20-8-10-21(30)11-9-20/h4-11,16-17,19H,12-15,18H2,1-3H3,(H,32,33). The van der Waals surface area contributed by atoms with Crippen LogP contribution in [0.2, 0.25) is 10.0 Å². The monoisotopic (exact) mass is 535 g/mol. The van der Waals surface area contributed by atoms with Gasteiger partial charge in [-0.15, -0.1) is 0 Å². The number of piperazine rings is 1. The third kappa shape index (κ3) is 5.47. The molecule has 0 atom stereocenters. The number of pyridine rings is 1. The van der Waals surface area contributed by atoms with Gasteiger partial charge in [0.2, 0.25) is 0 Å². The first-order valence-corrected chi connectivity index (χ1v) is 13.3. The second kappa shape index (κ2) is 10.7. The van der Waals surface area contributed by atoms with Gasteiger partial charge < -0.3 is 20.0 Å². The zero-order valence-electron chi connectivity index (χ0n) is 21.3. The number of hydrogen-bond acceptors (Lipinski definition) is 5. The number of amides is 1. The Bertz CT molecular complexity index is 1330. The van der Waals surface area contributed by atoms with Crippen molar-refractivity contribution in [1.82, 2.24) is 14.8 Å². The Morgan fingerprint density at radius 1 is 1.00 bits per heavy atom. The van der Waals surface area contributed by atoms with Gasteiger partial charge in [0.15, 0.2) is 0 Å². The lowest BCUT2D eigenvalue weighted by Gasteiger charge is -2.34. The van der Waals surface area contributed by atoms with Crippen molar-refractivity contribution in [2.45, 2.75) is 26.4 Å². The largest absolute Gasteiger partial charge is 0.382 e. The highest BCUT2D eigenvalue weighted by atomic mass is 35.5. The summed E-state index contributed by atoms with van der Waals surface area (Å²) < 4.78 is 0. The number of nitrogens with zero attached hydrogens (tertiary/aromatic N) is 4. The van der Waals surface area contributed by atoms with Crippen molar-refractivity contribution in [3.8, 4) is 0 Å². The maximum atomic E-state index is 13.5. The van der Waals surface area contributed by atoms with E-state index in [-0.39, 0.29) is 11.9 Å². The van der Waals surface area contributed by atoms with Crippen LogP contribution in [0.5, 0.6) is 0 Å². The normalized spacial score (nSPS) is 16.0. The second-order valence-corrected chi connectivity index (χ2v) is 10.7. The van der Waals surface area contributed by atoms with E-state index in [2.05, 4.69) is 42.1 Å². The maximum absolute atomic E-state index is 13.5. The third-order valence-corrected chi connectivity index (χ3v) is 7.33. The van der Waals surface area contributed by atoms with Crippen molar-refractivity contribution in [3.63, 3.8) is 0 Å². The van der Waals surface area contributed by atoms with Gasteiger partial charge in [-0.2, -0.15) is 0 Å². The highest BCUT2D eigenvalue weighted by Crippen LogP contribution is 2.40. The maximum Gasteiger partial charge on any atom is 0.272 e. The minimum absolute atomic E-state index is 0.0283. The van der Waals surface area contributed by atoms with E-state index in [1.54, 1.807) is 0 Å². The Morgan fingerprint density at radius 2 is 1.70 bits per heavy atom. The Balaban J connectivity index is 1.63. The predicted molar refractivity (Wildman–Crippen MR) is 153 cm³/mol. The van der Waals surface area contributed by atoms with Crippen molar-refractivity contribution in [2.75, 3.05) is 43.4 Å². The molecule has 1 fully saturated rings. The van der Waals surface area contributed by atoms with E-state index in [0.717, 1.165) is 47.0 Å². The van der Waals surface area contributed by atoms with Gasteiger partial charge in [0.05, 0.1) is 22.9 Å². The number of likely N-dealkylation sites (N-methyl/N-ethyl adjacent to an activating group) is 1. The molecule has 2 aromatic carbocycles. The van der Waals surface area contributed by atoms with E-state index in [9.17, 15) is 4.79 Å². The van der Waals surface area contributed by atoms with Crippen LogP contribution in [0.15, 0.2) is 54.6 Å². The molecule has 2 aliphatic rings. The van der Waals surface area contributed by atoms with Crippen LogP contribution in [0.25, 0.3) is 11.8 Å². The number of carbonyl (C=O) groups is 1. The topological polar surface area (TPSA) is 51.7 Å². The van der Waals surface area contributed by atoms with Gasteiger partial charge in [-0.25, -0.2) is 4.98 Å². The molecule has 1 N–H and O–H groups in total. The first kappa shape index (κ1) is 25.6. The minimum atomic E-state index is -0.0283. The Labute approximate surface area is 228 Å². The average molecular weight is 537 g/mol. The summed E-state index contributed by atoms with van der Waals surface area (Å²) in [7, 11) is 2.08. The molecular weight excluding hydrogens is 505 g/mol. The van der Waals surface area contributed by atoms with Gasteiger partial charge in [-0.3, -0.25) is 4.79 Å². The Hall–Kier alpha value is -3.06. The van der Waals surface area contributed by atoms with E-state index >= 15 is 0 Å². The van der Waals surface area contributed by atoms with E-state index in [4.69, 9.17) is 28.2 Å². The zero-order chi connectivity index (χ0) is 26.1. The fraction of sp³-hybridized carbons (Fsp3) is 0.310. The van der Waals surface area contributed by atoms with Crippen LogP contribution in [0.1, 0.15) is 41.2 Å². The van der Waals surface area contributed by atoms with Crippen LogP contribution in [-0.4, -0.2) is 60.0 Å². The molecule has 0 saturated carbocycles. The van der Waals surface area contributed by atoms with Crippen molar-refractivity contribution in [3.05, 3.63) is 87.2 Å². The van der Waals surface area contributed by atoms with Crippen molar-refractivity contribution in [1.29, 1.82) is 0 Å². The SMILES string of the molecule is CC(C)Nc1cc(C(=O)N2CCN(C)CC2)nc2c1C=C(c1ccc(Cl)cc1)N(c1ccccc1Cl)C2. The number of aromatic nitrogens is 1. The number of para-hydroxylation sites is 1. The second-order valence-electron chi connectivity index (χ2n) is 9.88. The zero-order valence-corrected chi connectivity index (χ0v) is 22.9. The average Bonchev–Trinajstić information content (AvgIpc) is 2.88. The summed E-state index contributed by atoms with van der Waals surface area (Å²) in [4.78, 5) is 24.7. The first-order chi connectivity index (χ1) is 17.8. The van der Waals surface area contributed by atoms with Gasteiger partial charge >= 0.3 is 0 Å². The number of benzene rings is 2. The number of rotatable bonds is 5. The molecule has 0 bridgehead atoms.